The molecule has 1 unspecified atom stereocenters. The highest BCUT2D eigenvalue weighted by Crippen LogP contribution is 2.34. The molecule has 2 aliphatic heterocycles. The zero-order chi connectivity index (χ0) is 18.6. The quantitative estimate of drug-likeness (QED) is 0.836. The average molecular weight is 369 g/mol. The first-order valence-electron chi connectivity index (χ1n) is 8.77. The molecule has 4 rings (SSSR count). The van der Waals surface area contributed by atoms with Crippen molar-refractivity contribution in [3.05, 3.63) is 47.8 Å². The van der Waals surface area contributed by atoms with Crippen LogP contribution in [0.4, 0.5) is 5.69 Å². The lowest BCUT2D eigenvalue weighted by molar-refractivity contribution is 0.0853. The predicted molar refractivity (Wildman–Crippen MR) is 96.1 cm³/mol. The van der Waals surface area contributed by atoms with Gasteiger partial charge in [0.25, 0.3) is 11.8 Å². The molecule has 8 nitrogen and oxygen atoms in total. The molecule has 2 aliphatic rings. The van der Waals surface area contributed by atoms with Crippen molar-refractivity contribution in [2.24, 2.45) is 0 Å². The number of ether oxygens (including phenoxy) is 3. The summed E-state index contributed by atoms with van der Waals surface area (Å²) in [5, 5.41) is 5.54. The molecule has 0 saturated carbocycles. The third kappa shape index (κ3) is 4.01. The van der Waals surface area contributed by atoms with Gasteiger partial charge in [-0.05, 0) is 37.1 Å². The Morgan fingerprint density at radius 1 is 1.07 bits per heavy atom. The van der Waals surface area contributed by atoms with Crippen LogP contribution in [0.2, 0.25) is 0 Å². The van der Waals surface area contributed by atoms with E-state index in [4.69, 9.17) is 14.2 Å². The molecule has 0 radical (unpaired) electrons. The van der Waals surface area contributed by atoms with Gasteiger partial charge in [-0.2, -0.15) is 0 Å². The topological polar surface area (TPSA) is 98.8 Å². The van der Waals surface area contributed by atoms with Gasteiger partial charge >= 0.3 is 0 Å². The van der Waals surface area contributed by atoms with Gasteiger partial charge in [0.2, 0.25) is 6.79 Å². The van der Waals surface area contributed by atoms with Crippen LogP contribution in [0.1, 0.15) is 33.8 Å². The first kappa shape index (κ1) is 17.3. The Balaban J connectivity index is 1.40. The molecule has 0 bridgehead atoms. The van der Waals surface area contributed by atoms with E-state index in [1.54, 1.807) is 36.4 Å². The van der Waals surface area contributed by atoms with Gasteiger partial charge in [0.15, 0.2) is 11.5 Å². The van der Waals surface area contributed by atoms with Crippen LogP contribution in [-0.2, 0) is 4.74 Å². The summed E-state index contributed by atoms with van der Waals surface area (Å²) in [6.07, 6.45) is 1.99. The van der Waals surface area contributed by atoms with Crippen molar-refractivity contribution in [3.8, 4) is 11.5 Å². The fourth-order valence-electron chi connectivity index (χ4n) is 2.96. The molecule has 2 N–H and O–H groups in total. The molecule has 1 fully saturated rings. The monoisotopic (exact) mass is 369 g/mol. The van der Waals surface area contributed by atoms with Crippen LogP contribution in [0.5, 0.6) is 11.5 Å². The largest absolute Gasteiger partial charge is 0.454 e. The van der Waals surface area contributed by atoms with Gasteiger partial charge in [-0.15, -0.1) is 0 Å². The zero-order valence-electron chi connectivity index (χ0n) is 14.6. The van der Waals surface area contributed by atoms with E-state index in [9.17, 15) is 9.59 Å². The summed E-state index contributed by atoms with van der Waals surface area (Å²) in [5.41, 5.74) is 0.892. The lowest BCUT2D eigenvalue weighted by Crippen LogP contribution is -2.32. The minimum atomic E-state index is -0.414. The molecule has 8 heteroatoms. The van der Waals surface area contributed by atoms with E-state index in [1.165, 1.54) is 0 Å². The van der Waals surface area contributed by atoms with E-state index in [-0.39, 0.29) is 30.2 Å². The number of amides is 2. The first-order chi connectivity index (χ1) is 13.2. The lowest BCUT2D eigenvalue weighted by Gasteiger charge is -2.11. The molecule has 27 heavy (non-hydrogen) atoms. The van der Waals surface area contributed by atoms with E-state index in [1.807, 2.05) is 0 Å². The third-order valence-corrected chi connectivity index (χ3v) is 4.36. The average Bonchev–Trinajstić information content (AvgIpc) is 3.37. The van der Waals surface area contributed by atoms with Gasteiger partial charge in [0.05, 0.1) is 6.10 Å². The van der Waals surface area contributed by atoms with Gasteiger partial charge in [-0.1, -0.05) is 6.07 Å². The minimum absolute atomic E-state index is 0.0476. The van der Waals surface area contributed by atoms with Gasteiger partial charge in [0.1, 0.15) is 11.4 Å². The summed E-state index contributed by atoms with van der Waals surface area (Å²) in [6.45, 7) is 1.33. The number of anilines is 1. The maximum Gasteiger partial charge on any atom is 0.274 e. The highest BCUT2D eigenvalue weighted by molar-refractivity contribution is 6.04. The van der Waals surface area contributed by atoms with Crippen molar-refractivity contribution in [2.45, 2.75) is 18.9 Å². The predicted octanol–water partition coefficient (Wildman–Crippen LogP) is 1.97. The molecule has 140 valence electrons. The SMILES string of the molecule is O=C(NCC1CCCO1)c1cccc(C(=O)Nc2ccc3c(c2)OCO3)n1. The Bertz CT molecular complexity index is 864. The number of aromatic nitrogens is 1. The maximum atomic E-state index is 12.5. The second-order valence-electron chi connectivity index (χ2n) is 6.28. The van der Waals surface area contributed by atoms with Crippen LogP contribution < -0.4 is 20.1 Å². The van der Waals surface area contributed by atoms with Crippen molar-refractivity contribution in [2.75, 3.05) is 25.3 Å². The Morgan fingerprint density at radius 2 is 1.89 bits per heavy atom. The Kier molecular flexibility index (Phi) is 4.88. The minimum Gasteiger partial charge on any atom is -0.454 e. The van der Waals surface area contributed by atoms with Crippen LogP contribution in [-0.4, -0.2) is 42.8 Å². The second-order valence-corrected chi connectivity index (χ2v) is 6.28. The zero-order valence-corrected chi connectivity index (χ0v) is 14.6. The number of fused-ring (bicyclic) bond motifs is 1. The van der Waals surface area contributed by atoms with Crippen molar-refractivity contribution in [1.29, 1.82) is 0 Å². The molecular formula is C19H19N3O5. The van der Waals surface area contributed by atoms with Crippen molar-refractivity contribution in [1.82, 2.24) is 10.3 Å². The molecular weight excluding hydrogens is 350 g/mol. The van der Waals surface area contributed by atoms with E-state index in [0.717, 1.165) is 19.4 Å². The number of rotatable bonds is 5. The first-order valence-corrected chi connectivity index (χ1v) is 8.77. The Morgan fingerprint density at radius 3 is 2.70 bits per heavy atom. The molecule has 1 aromatic carbocycles. The molecule has 0 spiro atoms. The van der Waals surface area contributed by atoms with Crippen LogP contribution in [0.15, 0.2) is 36.4 Å². The Hall–Kier alpha value is -3.13. The molecule has 0 aliphatic carbocycles. The number of pyridine rings is 1. The number of nitrogens with one attached hydrogen (secondary N) is 2. The molecule has 1 saturated heterocycles. The summed E-state index contributed by atoms with van der Waals surface area (Å²) in [5.74, 6) is 0.463. The van der Waals surface area contributed by atoms with Crippen molar-refractivity contribution >= 4 is 17.5 Å². The number of carbonyl (C=O) groups excluding carboxylic acids is 2. The van der Waals surface area contributed by atoms with Gasteiger partial charge in [-0.3, -0.25) is 9.59 Å². The van der Waals surface area contributed by atoms with E-state index < -0.39 is 5.91 Å². The standard InChI is InChI=1S/C19H19N3O5/c23-18(20-10-13-3-2-8-25-13)14-4-1-5-15(22-14)19(24)21-12-6-7-16-17(9-12)27-11-26-16/h1,4-7,9,13H,2-3,8,10-11H2,(H,20,23)(H,21,24). The van der Waals surface area contributed by atoms with E-state index in [2.05, 4.69) is 15.6 Å². The van der Waals surface area contributed by atoms with Crippen LogP contribution in [0.25, 0.3) is 0 Å². The molecule has 1 atom stereocenters. The van der Waals surface area contributed by atoms with E-state index in [0.29, 0.717) is 23.7 Å². The van der Waals surface area contributed by atoms with Crippen LogP contribution >= 0.6 is 0 Å². The fraction of sp³-hybridized carbons (Fsp3) is 0.316. The maximum absolute atomic E-state index is 12.5. The van der Waals surface area contributed by atoms with Crippen molar-refractivity contribution in [3.63, 3.8) is 0 Å². The number of benzene rings is 1. The fourth-order valence-corrected chi connectivity index (χ4v) is 2.96. The highest BCUT2D eigenvalue weighted by atomic mass is 16.7. The van der Waals surface area contributed by atoms with Crippen LogP contribution in [0.3, 0.4) is 0 Å². The third-order valence-electron chi connectivity index (χ3n) is 4.36. The number of hydrogen-bond acceptors (Lipinski definition) is 6. The van der Waals surface area contributed by atoms with Crippen LogP contribution in [0, 0.1) is 0 Å². The summed E-state index contributed by atoms with van der Waals surface area (Å²) in [6, 6.07) is 9.87. The molecule has 2 aromatic rings. The number of nitrogens with zero attached hydrogens (tertiary/aromatic N) is 1. The molecule has 2 amide bonds. The smallest absolute Gasteiger partial charge is 0.274 e. The Labute approximate surface area is 155 Å². The van der Waals surface area contributed by atoms with Gasteiger partial charge < -0.3 is 24.8 Å². The molecule has 1 aromatic heterocycles. The van der Waals surface area contributed by atoms with Gasteiger partial charge in [-0.25, -0.2) is 4.98 Å². The highest BCUT2D eigenvalue weighted by Gasteiger charge is 2.19. The summed E-state index contributed by atoms with van der Waals surface area (Å²) >= 11 is 0. The van der Waals surface area contributed by atoms with Crippen molar-refractivity contribution < 1.29 is 23.8 Å². The number of hydrogen-bond donors (Lipinski definition) is 2. The van der Waals surface area contributed by atoms with E-state index >= 15 is 0 Å². The summed E-state index contributed by atoms with van der Waals surface area (Å²) in [4.78, 5) is 28.9. The summed E-state index contributed by atoms with van der Waals surface area (Å²) < 4.78 is 16.0. The molecule has 3 heterocycles. The number of carbonyl (C=O) groups is 2. The summed E-state index contributed by atoms with van der Waals surface area (Å²) in [7, 11) is 0. The lowest BCUT2D eigenvalue weighted by atomic mass is 10.2. The second kappa shape index (κ2) is 7.63. The normalized spacial score (nSPS) is 17.6. The van der Waals surface area contributed by atoms with Gasteiger partial charge in [0, 0.05) is 24.9 Å².